The van der Waals surface area contributed by atoms with E-state index < -0.39 is 34.8 Å². The summed E-state index contributed by atoms with van der Waals surface area (Å²) in [4.78, 5) is 13.2. The van der Waals surface area contributed by atoms with Crippen molar-refractivity contribution < 1.29 is 23.9 Å². The van der Waals surface area contributed by atoms with Crippen LogP contribution in [-0.2, 0) is 13.6 Å². The first kappa shape index (κ1) is 47.7. The van der Waals surface area contributed by atoms with Crippen molar-refractivity contribution in [3.63, 3.8) is 0 Å². The Balaban J connectivity index is 4.79. The predicted molar refractivity (Wildman–Crippen MR) is 212 cm³/mol. The van der Waals surface area contributed by atoms with Crippen molar-refractivity contribution in [3.05, 3.63) is 0 Å². The van der Waals surface area contributed by atoms with E-state index >= 15 is 0 Å². The summed E-state index contributed by atoms with van der Waals surface area (Å²) in [5.41, 5.74) is 0. The highest BCUT2D eigenvalue weighted by molar-refractivity contribution is 6.70. The molecule has 3 atom stereocenters. The van der Waals surface area contributed by atoms with Gasteiger partial charge >= 0.3 is 0 Å². The first-order valence-electron chi connectivity index (χ1n) is 20.8. The fourth-order valence-electron chi connectivity index (χ4n) is 6.58. The molecule has 3 unspecified atom stereocenters. The van der Waals surface area contributed by atoms with Crippen LogP contribution in [-0.4, -0.2) is 50.9 Å². The number of aliphatic hydroxyl groups is 2. The molecule has 8 heteroatoms. The Kier molecular flexibility index (Phi) is 29.2. The van der Waals surface area contributed by atoms with Crippen molar-refractivity contribution in [1.29, 1.82) is 0 Å². The lowest BCUT2D eigenvalue weighted by molar-refractivity contribution is -0.220. The molecule has 0 radical (unpaired) electrons. The molecule has 0 saturated heterocycles. The minimum atomic E-state index is -2.23. The highest BCUT2D eigenvalue weighted by atomic mass is 28.4. The molecule has 0 bridgehead atoms. The van der Waals surface area contributed by atoms with Gasteiger partial charge in [0.05, 0.1) is 0 Å². The zero-order valence-electron chi connectivity index (χ0n) is 33.6. The second-order valence-electron chi connectivity index (χ2n) is 16.7. The van der Waals surface area contributed by atoms with E-state index in [4.69, 9.17) is 8.85 Å². The number of rotatable bonds is 35. The normalized spacial score (nSPS) is 15.0. The molecule has 0 fully saturated rings. The van der Waals surface area contributed by atoms with Crippen molar-refractivity contribution in [1.82, 2.24) is 5.32 Å². The van der Waals surface area contributed by atoms with Crippen LogP contribution < -0.4 is 5.32 Å². The highest BCUT2D eigenvalue weighted by Gasteiger charge is 2.47. The lowest BCUT2D eigenvalue weighted by atomic mass is 9.97. The summed E-state index contributed by atoms with van der Waals surface area (Å²) >= 11 is 0. The third kappa shape index (κ3) is 29.5. The number of aliphatic hydroxyl groups excluding tert-OH is 1. The van der Waals surface area contributed by atoms with Crippen LogP contribution >= 0.6 is 0 Å². The number of hydrogen-bond acceptors (Lipinski definition) is 5. The Bertz CT molecular complexity index is 742. The Labute approximate surface area is 302 Å². The fourth-order valence-corrected chi connectivity index (χ4v) is 8.73. The van der Waals surface area contributed by atoms with Crippen LogP contribution in [0.5, 0.6) is 0 Å². The van der Waals surface area contributed by atoms with E-state index in [1.807, 2.05) is 39.3 Å². The summed E-state index contributed by atoms with van der Waals surface area (Å²) < 4.78 is 12.5. The summed E-state index contributed by atoms with van der Waals surface area (Å²) in [6, 6.07) is -1.03. The third-order valence-electron chi connectivity index (χ3n) is 9.19. The van der Waals surface area contributed by atoms with Gasteiger partial charge in [-0.15, -0.1) is 0 Å². The van der Waals surface area contributed by atoms with Crippen molar-refractivity contribution in [3.8, 4) is 0 Å². The van der Waals surface area contributed by atoms with Crippen LogP contribution in [0.3, 0.4) is 0 Å². The average molecular weight is 716 g/mol. The SMILES string of the molecule is CCCCCCCCCCCCCCCC(=O)NC(C(O)O[Si](C)(C)C)C(O)(CCCCCCCCCCCCCCC)O[Si](C)(C)C. The molecular formula is C40H85NO5Si2. The summed E-state index contributed by atoms with van der Waals surface area (Å²) in [5, 5.41) is 26.3. The van der Waals surface area contributed by atoms with E-state index in [2.05, 4.69) is 19.2 Å². The third-order valence-corrected chi connectivity index (χ3v) is 11.1. The molecule has 1 amide bonds. The van der Waals surface area contributed by atoms with Crippen LogP contribution in [0.25, 0.3) is 0 Å². The molecule has 0 aliphatic heterocycles. The van der Waals surface area contributed by atoms with Gasteiger partial charge in [0.15, 0.2) is 28.7 Å². The molecule has 6 nitrogen and oxygen atoms in total. The number of nitrogens with one attached hydrogen (secondary N) is 1. The van der Waals surface area contributed by atoms with Gasteiger partial charge in [-0.05, 0) is 52.1 Å². The lowest BCUT2D eigenvalue weighted by Gasteiger charge is -2.43. The molecule has 0 aliphatic rings. The second kappa shape index (κ2) is 29.3. The fraction of sp³-hybridized carbons (Fsp3) is 0.975. The molecule has 0 rings (SSSR count). The molecule has 0 aromatic heterocycles. The molecule has 0 heterocycles. The van der Waals surface area contributed by atoms with Crippen LogP contribution in [0.2, 0.25) is 39.3 Å². The first-order chi connectivity index (χ1) is 22.7. The zero-order chi connectivity index (χ0) is 36.2. The van der Waals surface area contributed by atoms with E-state index in [0.717, 1.165) is 38.5 Å². The van der Waals surface area contributed by atoms with Crippen molar-refractivity contribution in [2.24, 2.45) is 0 Å². The van der Waals surface area contributed by atoms with Gasteiger partial charge in [0, 0.05) is 12.8 Å². The van der Waals surface area contributed by atoms with Gasteiger partial charge in [0.2, 0.25) is 5.91 Å². The average Bonchev–Trinajstić information content (AvgIpc) is 2.98. The molecule has 0 spiro atoms. The Morgan fingerprint density at radius 1 is 0.562 bits per heavy atom. The Hall–Kier alpha value is -0.256. The largest absolute Gasteiger partial charge is 0.392 e. The van der Waals surface area contributed by atoms with Crippen LogP contribution in [0.4, 0.5) is 0 Å². The van der Waals surface area contributed by atoms with Gasteiger partial charge in [-0.25, -0.2) is 0 Å². The maximum Gasteiger partial charge on any atom is 0.220 e. The van der Waals surface area contributed by atoms with Crippen LogP contribution in [0.1, 0.15) is 194 Å². The maximum atomic E-state index is 13.2. The molecule has 0 aromatic carbocycles. The summed E-state index contributed by atoms with van der Waals surface area (Å²) in [6.07, 6.45) is 32.0. The van der Waals surface area contributed by atoms with E-state index in [0.29, 0.717) is 12.8 Å². The quantitative estimate of drug-likeness (QED) is 0.0345. The molecule has 0 saturated carbocycles. The molecular weight excluding hydrogens is 631 g/mol. The van der Waals surface area contributed by atoms with Crippen molar-refractivity contribution in [2.75, 3.05) is 0 Å². The minimum absolute atomic E-state index is 0.149. The molecule has 288 valence electrons. The number of carbonyl (C=O) groups excluding carboxylic acids is 1. The summed E-state index contributed by atoms with van der Waals surface area (Å²) in [7, 11) is -4.39. The summed E-state index contributed by atoms with van der Waals surface area (Å²) in [5.74, 6) is -1.82. The van der Waals surface area contributed by atoms with E-state index in [9.17, 15) is 15.0 Å². The topological polar surface area (TPSA) is 88.0 Å². The first-order valence-corrected chi connectivity index (χ1v) is 27.6. The number of hydrogen-bond donors (Lipinski definition) is 3. The van der Waals surface area contributed by atoms with Gasteiger partial charge in [0.25, 0.3) is 0 Å². The van der Waals surface area contributed by atoms with Crippen molar-refractivity contribution >= 4 is 22.5 Å². The maximum absolute atomic E-state index is 13.2. The second-order valence-corrected chi connectivity index (χ2v) is 25.6. The van der Waals surface area contributed by atoms with Crippen molar-refractivity contribution in [2.45, 2.75) is 251 Å². The van der Waals surface area contributed by atoms with Gasteiger partial charge < -0.3 is 24.4 Å². The Morgan fingerprint density at radius 3 is 1.23 bits per heavy atom. The van der Waals surface area contributed by atoms with Crippen LogP contribution in [0.15, 0.2) is 0 Å². The molecule has 0 aliphatic carbocycles. The number of unbranched alkanes of at least 4 members (excludes halogenated alkanes) is 24. The number of amides is 1. The van der Waals surface area contributed by atoms with Gasteiger partial charge in [0.1, 0.15) is 6.04 Å². The zero-order valence-corrected chi connectivity index (χ0v) is 35.6. The smallest absolute Gasteiger partial charge is 0.220 e. The van der Waals surface area contributed by atoms with Gasteiger partial charge in [-0.2, -0.15) is 0 Å². The molecule has 48 heavy (non-hydrogen) atoms. The van der Waals surface area contributed by atoms with E-state index in [-0.39, 0.29) is 5.91 Å². The number of carbonyl (C=O) groups is 1. The van der Waals surface area contributed by atoms with E-state index in [1.165, 1.54) is 128 Å². The summed E-state index contributed by atoms with van der Waals surface area (Å²) in [6.45, 7) is 16.7. The Morgan fingerprint density at radius 2 is 0.896 bits per heavy atom. The predicted octanol–water partition coefficient (Wildman–Crippen LogP) is 12.1. The molecule has 0 aromatic rings. The highest BCUT2D eigenvalue weighted by Crippen LogP contribution is 2.29. The van der Waals surface area contributed by atoms with Crippen LogP contribution in [0, 0.1) is 0 Å². The lowest BCUT2D eigenvalue weighted by Crippen LogP contribution is -2.64. The van der Waals surface area contributed by atoms with Gasteiger partial charge in [-0.3, -0.25) is 4.79 Å². The van der Waals surface area contributed by atoms with E-state index in [1.54, 1.807) is 0 Å². The standard InChI is InChI=1S/C40H85NO5Si2/c1-9-11-13-15-17-19-21-23-25-27-29-31-33-35-37(42)41-38(39(43)45-47(3,4)5)40(44,46-48(6,7)8)36-34-32-30-28-26-24-22-20-18-16-14-12-10-2/h38-39,43-44H,9-36H2,1-8H3,(H,41,42). The monoisotopic (exact) mass is 716 g/mol. The molecule has 3 N–H and O–H groups in total. The minimum Gasteiger partial charge on any atom is -0.392 e. The van der Waals surface area contributed by atoms with Gasteiger partial charge in [-0.1, -0.05) is 168 Å².